The molecule has 2 N–H and O–H groups in total. The van der Waals surface area contributed by atoms with E-state index in [1.54, 1.807) is 30.0 Å². The first-order chi connectivity index (χ1) is 12.4. The van der Waals surface area contributed by atoms with Crippen molar-refractivity contribution < 1.29 is 9.59 Å². The molecule has 2 amide bonds. The van der Waals surface area contributed by atoms with Crippen LogP contribution in [0.3, 0.4) is 0 Å². The van der Waals surface area contributed by atoms with Gasteiger partial charge in [-0.2, -0.15) is 11.8 Å². The molecular formula is C18H17BrCl2N2O2S. The van der Waals surface area contributed by atoms with E-state index in [2.05, 4.69) is 26.6 Å². The predicted molar refractivity (Wildman–Crippen MR) is 113 cm³/mol. The maximum atomic E-state index is 12.6. The summed E-state index contributed by atoms with van der Waals surface area (Å²) < 4.78 is 0.855. The number of anilines is 1. The van der Waals surface area contributed by atoms with Crippen LogP contribution in [0, 0.1) is 0 Å². The summed E-state index contributed by atoms with van der Waals surface area (Å²) in [6, 6.07) is 11.2. The van der Waals surface area contributed by atoms with Crippen molar-refractivity contribution in [1.82, 2.24) is 5.32 Å². The number of rotatable bonds is 7. The van der Waals surface area contributed by atoms with Crippen LogP contribution in [0.25, 0.3) is 0 Å². The molecule has 2 aromatic carbocycles. The Hall–Kier alpha value is -1.21. The molecule has 26 heavy (non-hydrogen) atoms. The molecule has 0 radical (unpaired) electrons. The number of amides is 2. The number of nitrogens with one attached hydrogen (secondary N) is 2. The lowest BCUT2D eigenvalue weighted by Gasteiger charge is -2.19. The summed E-state index contributed by atoms with van der Waals surface area (Å²) in [5.41, 5.74) is 0.928. The maximum Gasteiger partial charge on any atom is 0.253 e. The predicted octanol–water partition coefficient (Wildman–Crippen LogP) is 5.25. The lowest BCUT2D eigenvalue weighted by Crippen LogP contribution is -2.44. The van der Waals surface area contributed by atoms with Gasteiger partial charge in [0.05, 0.1) is 10.6 Å². The molecule has 0 aliphatic heterocycles. The molecule has 0 saturated heterocycles. The van der Waals surface area contributed by atoms with Crippen LogP contribution in [0.4, 0.5) is 5.69 Å². The SMILES string of the molecule is CSCCC(NC(=O)c1ccc(Cl)cc1Cl)C(=O)Nc1cccc(Br)c1. The number of thioether (sulfide) groups is 1. The van der Waals surface area contributed by atoms with Crippen molar-refractivity contribution in [2.24, 2.45) is 0 Å². The fraction of sp³-hybridized carbons (Fsp3) is 0.222. The maximum absolute atomic E-state index is 12.6. The van der Waals surface area contributed by atoms with Crippen molar-refractivity contribution in [3.8, 4) is 0 Å². The van der Waals surface area contributed by atoms with Gasteiger partial charge >= 0.3 is 0 Å². The smallest absolute Gasteiger partial charge is 0.253 e. The highest BCUT2D eigenvalue weighted by Crippen LogP contribution is 2.21. The third kappa shape index (κ3) is 6.20. The van der Waals surface area contributed by atoms with Gasteiger partial charge < -0.3 is 10.6 Å². The molecule has 0 aliphatic rings. The molecular weight excluding hydrogens is 459 g/mol. The molecule has 8 heteroatoms. The van der Waals surface area contributed by atoms with Crippen LogP contribution in [0.5, 0.6) is 0 Å². The van der Waals surface area contributed by atoms with Crippen molar-refractivity contribution in [2.75, 3.05) is 17.3 Å². The van der Waals surface area contributed by atoms with Gasteiger partial charge in [0.1, 0.15) is 6.04 Å². The van der Waals surface area contributed by atoms with Crippen LogP contribution in [0.1, 0.15) is 16.8 Å². The normalized spacial score (nSPS) is 11.7. The average molecular weight is 476 g/mol. The van der Waals surface area contributed by atoms with Gasteiger partial charge in [0.25, 0.3) is 5.91 Å². The molecule has 0 aromatic heterocycles. The van der Waals surface area contributed by atoms with E-state index in [4.69, 9.17) is 23.2 Å². The highest BCUT2D eigenvalue weighted by atomic mass is 79.9. The lowest BCUT2D eigenvalue weighted by molar-refractivity contribution is -0.118. The minimum atomic E-state index is -0.680. The summed E-state index contributed by atoms with van der Waals surface area (Å²) in [5.74, 6) is 0.0309. The molecule has 0 bridgehead atoms. The molecule has 2 rings (SSSR count). The van der Waals surface area contributed by atoms with Crippen molar-refractivity contribution in [2.45, 2.75) is 12.5 Å². The molecule has 1 atom stereocenters. The largest absolute Gasteiger partial charge is 0.340 e. The summed E-state index contributed by atoms with van der Waals surface area (Å²) in [6.45, 7) is 0. The Labute approximate surface area is 175 Å². The van der Waals surface area contributed by atoms with E-state index in [0.717, 1.165) is 10.2 Å². The fourth-order valence-corrected chi connectivity index (χ4v) is 3.57. The minimum absolute atomic E-state index is 0.242. The third-order valence-electron chi connectivity index (χ3n) is 3.50. The van der Waals surface area contributed by atoms with E-state index in [9.17, 15) is 9.59 Å². The van der Waals surface area contributed by atoms with E-state index < -0.39 is 11.9 Å². The van der Waals surface area contributed by atoms with E-state index in [1.165, 1.54) is 12.1 Å². The number of hydrogen-bond acceptors (Lipinski definition) is 3. The standard InChI is InChI=1S/C18H17BrCl2N2O2S/c1-26-8-7-16(18(25)22-13-4-2-3-11(19)9-13)23-17(24)14-6-5-12(20)10-15(14)21/h2-6,9-10,16H,7-8H2,1H3,(H,22,25)(H,23,24). The molecule has 0 fully saturated rings. The summed E-state index contributed by atoms with van der Waals surface area (Å²) >= 11 is 16.9. The van der Waals surface area contributed by atoms with Crippen LogP contribution < -0.4 is 10.6 Å². The first-order valence-corrected chi connectivity index (χ1v) is 10.7. The number of carbonyl (C=O) groups excluding carboxylic acids is 2. The lowest BCUT2D eigenvalue weighted by atomic mass is 10.1. The van der Waals surface area contributed by atoms with E-state index in [0.29, 0.717) is 17.1 Å². The molecule has 0 aliphatic carbocycles. The molecule has 0 heterocycles. The van der Waals surface area contributed by atoms with Crippen LogP contribution >= 0.6 is 50.9 Å². The second kappa shape index (κ2) is 10.2. The van der Waals surface area contributed by atoms with Crippen molar-refractivity contribution in [3.63, 3.8) is 0 Å². The second-order valence-electron chi connectivity index (χ2n) is 5.43. The van der Waals surface area contributed by atoms with E-state index in [-0.39, 0.29) is 16.5 Å². The summed E-state index contributed by atoms with van der Waals surface area (Å²) in [5, 5.41) is 6.27. The average Bonchev–Trinajstić information content (AvgIpc) is 2.58. The third-order valence-corrected chi connectivity index (χ3v) is 5.19. The topological polar surface area (TPSA) is 58.2 Å². The van der Waals surface area contributed by atoms with Crippen molar-refractivity contribution in [1.29, 1.82) is 0 Å². The van der Waals surface area contributed by atoms with Crippen molar-refractivity contribution in [3.05, 3.63) is 62.5 Å². The Bertz CT molecular complexity index is 805. The van der Waals surface area contributed by atoms with Gasteiger partial charge in [-0.25, -0.2) is 0 Å². The Morgan fingerprint density at radius 3 is 2.62 bits per heavy atom. The Morgan fingerprint density at radius 1 is 1.19 bits per heavy atom. The molecule has 0 spiro atoms. The number of halogens is 3. The van der Waals surface area contributed by atoms with E-state index in [1.807, 2.05) is 18.4 Å². The Kier molecular flexibility index (Phi) is 8.28. The molecule has 138 valence electrons. The summed E-state index contributed by atoms with van der Waals surface area (Å²) in [7, 11) is 0. The molecule has 4 nitrogen and oxygen atoms in total. The zero-order chi connectivity index (χ0) is 19.1. The summed E-state index contributed by atoms with van der Waals surface area (Å²) in [6.07, 6.45) is 2.44. The zero-order valence-corrected chi connectivity index (χ0v) is 17.8. The van der Waals surface area contributed by atoms with Gasteiger partial charge in [-0.3, -0.25) is 9.59 Å². The first-order valence-electron chi connectivity index (χ1n) is 7.72. The monoisotopic (exact) mass is 474 g/mol. The van der Waals surface area contributed by atoms with Crippen LogP contribution in [-0.2, 0) is 4.79 Å². The molecule has 2 aromatic rings. The van der Waals surface area contributed by atoms with Gasteiger partial charge in [0.15, 0.2) is 0 Å². The van der Waals surface area contributed by atoms with Gasteiger partial charge in [-0.1, -0.05) is 45.2 Å². The Morgan fingerprint density at radius 2 is 1.96 bits per heavy atom. The highest BCUT2D eigenvalue weighted by Gasteiger charge is 2.22. The zero-order valence-electron chi connectivity index (χ0n) is 13.9. The first kappa shape index (κ1) is 21.1. The quantitative estimate of drug-likeness (QED) is 0.575. The van der Waals surface area contributed by atoms with Crippen molar-refractivity contribution >= 4 is 68.4 Å². The van der Waals surface area contributed by atoms with Crippen LogP contribution in [0.2, 0.25) is 10.0 Å². The number of benzene rings is 2. The minimum Gasteiger partial charge on any atom is -0.340 e. The fourth-order valence-electron chi connectivity index (χ4n) is 2.21. The number of hydrogen-bond donors (Lipinski definition) is 2. The van der Waals surface area contributed by atoms with Gasteiger partial charge in [0, 0.05) is 15.2 Å². The second-order valence-corrected chi connectivity index (χ2v) is 8.18. The Balaban J connectivity index is 2.12. The molecule has 1 unspecified atom stereocenters. The van der Waals surface area contributed by atoms with Crippen LogP contribution in [-0.4, -0.2) is 29.9 Å². The summed E-state index contributed by atoms with van der Waals surface area (Å²) in [4.78, 5) is 25.2. The van der Waals surface area contributed by atoms with Gasteiger partial charge in [-0.15, -0.1) is 0 Å². The molecule has 0 saturated carbocycles. The van der Waals surface area contributed by atoms with Gasteiger partial charge in [-0.05, 0) is 54.8 Å². The van der Waals surface area contributed by atoms with Gasteiger partial charge in [0.2, 0.25) is 5.91 Å². The van der Waals surface area contributed by atoms with Crippen LogP contribution in [0.15, 0.2) is 46.9 Å². The highest BCUT2D eigenvalue weighted by molar-refractivity contribution is 9.10. The van der Waals surface area contributed by atoms with E-state index >= 15 is 0 Å². The number of carbonyl (C=O) groups is 2.